The minimum atomic E-state index is -0.386. The Morgan fingerprint density at radius 3 is 3.00 bits per heavy atom. The van der Waals surface area contributed by atoms with Gasteiger partial charge in [-0.05, 0) is 19.4 Å². The predicted octanol–water partition coefficient (Wildman–Crippen LogP) is 0.675. The highest BCUT2D eigenvalue weighted by Gasteiger charge is 2.46. The van der Waals surface area contributed by atoms with Crippen molar-refractivity contribution in [3.05, 3.63) is 11.7 Å². The third-order valence-corrected chi connectivity index (χ3v) is 4.16. The molecule has 2 saturated heterocycles. The molecule has 8 heteroatoms. The van der Waals surface area contributed by atoms with Crippen molar-refractivity contribution in [1.82, 2.24) is 19.9 Å². The highest BCUT2D eigenvalue weighted by molar-refractivity contribution is 5.70. The summed E-state index contributed by atoms with van der Waals surface area (Å²) in [7, 11) is 3.42. The van der Waals surface area contributed by atoms with Crippen molar-refractivity contribution < 1.29 is 18.8 Å². The Balaban J connectivity index is 1.59. The molecule has 1 aromatic rings. The first-order valence-corrected chi connectivity index (χ1v) is 7.57. The zero-order valence-electron chi connectivity index (χ0n) is 13.1. The second-order valence-corrected chi connectivity index (χ2v) is 6.07. The lowest BCUT2D eigenvalue weighted by molar-refractivity contribution is -0.0139. The number of likely N-dealkylation sites (tertiary alicyclic amines) is 1. The van der Waals surface area contributed by atoms with Crippen LogP contribution in [-0.4, -0.2) is 72.0 Å². The largest absolute Gasteiger partial charge is 0.440 e. The van der Waals surface area contributed by atoms with Gasteiger partial charge in [0.05, 0.1) is 19.7 Å². The first kappa shape index (κ1) is 15.2. The maximum atomic E-state index is 11.6. The summed E-state index contributed by atoms with van der Waals surface area (Å²) in [6, 6.07) is 0. The molecule has 0 N–H and O–H groups in total. The van der Waals surface area contributed by atoms with Gasteiger partial charge in [-0.3, -0.25) is 4.90 Å². The number of ether oxygens (including phenoxy) is 2. The predicted molar refractivity (Wildman–Crippen MR) is 76.2 cm³/mol. The highest BCUT2D eigenvalue weighted by Crippen LogP contribution is 2.31. The van der Waals surface area contributed by atoms with Crippen LogP contribution >= 0.6 is 0 Å². The second-order valence-electron chi connectivity index (χ2n) is 6.07. The molecule has 0 saturated carbocycles. The minimum Gasteiger partial charge on any atom is -0.440 e. The molecule has 3 rings (SSSR count). The molecule has 3 heterocycles. The van der Waals surface area contributed by atoms with E-state index in [0.717, 1.165) is 19.4 Å². The van der Waals surface area contributed by atoms with Crippen LogP contribution < -0.4 is 0 Å². The summed E-state index contributed by atoms with van der Waals surface area (Å²) in [6.07, 6.45) is 2.31. The van der Waals surface area contributed by atoms with E-state index >= 15 is 0 Å². The molecule has 1 amide bonds. The summed E-state index contributed by atoms with van der Waals surface area (Å²) in [5, 5.41) is 3.95. The average Bonchev–Trinajstić information content (AvgIpc) is 3.02. The Bertz CT molecular complexity index is 535. The van der Waals surface area contributed by atoms with E-state index in [1.807, 2.05) is 0 Å². The zero-order chi connectivity index (χ0) is 15.6. The molecule has 0 unspecified atom stereocenters. The average molecular weight is 310 g/mol. The van der Waals surface area contributed by atoms with E-state index in [9.17, 15) is 4.79 Å². The van der Waals surface area contributed by atoms with Crippen molar-refractivity contribution in [2.75, 3.05) is 40.4 Å². The smallest absolute Gasteiger partial charge is 0.410 e. The van der Waals surface area contributed by atoms with Gasteiger partial charge in [0, 0.05) is 27.1 Å². The molecular formula is C14H22N4O4. The van der Waals surface area contributed by atoms with Crippen LogP contribution in [-0.2, 0) is 22.4 Å². The van der Waals surface area contributed by atoms with Gasteiger partial charge in [-0.25, -0.2) is 4.79 Å². The van der Waals surface area contributed by atoms with Gasteiger partial charge in [0.25, 0.3) is 0 Å². The number of carbonyl (C=O) groups is 1. The topological polar surface area (TPSA) is 80.9 Å². The number of methoxy groups -OCH3 is 1. The van der Waals surface area contributed by atoms with Gasteiger partial charge in [-0.1, -0.05) is 5.16 Å². The summed E-state index contributed by atoms with van der Waals surface area (Å²) in [5.74, 6) is 1.26. The van der Waals surface area contributed by atoms with E-state index < -0.39 is 0 Å². The number of rotatable bonds is 5. The SMILES string of the molecule is COCCc1noc(CN2CCC[C@@]3(C2)CN(C)C(=O)O3)n1. The first-order chi connectivity index (χ1) is 10.6. The molecule has 1 atom stereocenters. The molecule has 0 aliphatic carbocycles. The first-order valence-electron chi connectivity index (χ1n) is 7.57. The fourth-order valence-electron chi connectivity index (χ4n) is 3.17. The monoisotopic (exact) mass is 310 g/mol. The lowest BCUT2D eigenvalue weighted by atomic mass is 9.93. The second kappa shape index (κ2) is 6.21. The van der Waals surface area contributed by atoms with E-state index in [0.29, 0.717) is 44.4 Å². The lowest BCUT2D eigenvalue weighted by Crippen LogP contribution is -2.50. The lowest BCUT2D eigenvalue weighted by Gasteiger charge is -2.37. The fourth-order valence-corrected chi connectivity index (χ4v) is 3.17. The number of piperidine rings is 1. The van der Waals surface area contributed by atoms with Crippen LogP contribution in [0, 0.1) is 0 Å². The molecule has 22 heavy (non-hydrogen) atoms. The Morgan fingerprint density at radius 2 is 2.27 bits per heavy atom. The number of nitrogens with zero attached hydrogens (tertiary/aromatic N) is 4. The Labute approximate surface area is 129 Å². The van der Waals surface area contributed by atoms with Gasteiger partial charge in [-0.2, -0.15) is 4.98 Å². The quantitative estimate of drug-likeness (QED) is 0.791. The third kappa shape index (κ3) is 3.22. The number of likely N-dealkylation sites (N-methyl/N-ethyl adjacent to an activating group) is 1. The van der Waals surface area contributed by atoms with E-state index in [-0.39, 0.29) is 11.7 Å². The molecular weight excluding hydrogens is 288 g/mol. The van der Waals surface area contributed by atoms with Gasteiger partial charge in [0.2, 0.25) is 5.89 Å². The van der Waals surface area contributed by atoms with Crippen LogP contribution in [0.5, 0.6) is 0 Å². The molecule has 8 nitrogen and oxygen atoms in total. The van der Waals surface area contributed by atoms with Gasteiger partial charge in [-0.15, -0.1) is 0 Å². The Hall–Kier alpha value is -1.67. The number of hydrogen-bond acceptors (Lipinski definition) is 7. The molecule has 0 aromatic carbocycles. The van der Waals surface area contributed by atoms with E-state index in [1.165, 1.54) is 0 Å². The molecule has 1 spiro atoms. The summed E-state index contributed by atoms with van der Waals surface area (Å²) < 4.78 is 15.9. The molecule has 2 aliphatic rings. The van der Waals surface area contributed by atoms with Gasteiger partial charge >= 0.3 is 6.09 Å². The summed E-state index contributed by atoms with van der Waals surface area (Å²) in [6.45, 7) is 3.46. The van der Waals surface area contributed by atoms with Crippen LogP contribution in [0.25, 0.3) is 0 Å². The molecule has 2 fully saturated rings. The number of aromatic nitrogens is 2. The van der Waals surface area contributed by atoms with Crippen molar-refractivity contribution in [2.24, 2.45) is 0 Å². The van der Waals surface area contributed by atoms with E-state index in [2.05, 4.69) is 15.0 Å². The van der Waals surface area contributed by atoms with Crippen molar-refractivity contribution in [3.8, 4) is 0 Å². The van der Waals surface area contributed by atoms with Gasteiger partial charge in [0.1, 0.15) is 5.60 Å². The summed E-state index contributed by atoms with van der Waals surface area (Å²) in [4.78, 5) is 19.9. The molecule has 0 radical (unpaired) electrons. The normalized spacial score (nSPS) is 25.9. The number of carbonyl (C=O) groups excluding carboxylic acids is 1. The van der Waals surface area contributed by atoms with Crippen LogP contribution in [0.1, 0.15) is 24.6 Å². The van der Waals surface area contributed by atoms with Crippen molar-refractivity contribution in [1.29, 1.82) is 0 Å². The Morgan fingerprint density at radius 1 is 1.41 bits per heavy atom. The molecule has 1 aromatic heterocycles. The minimum absolute atomic E-state index is 0.235. The van der Waals surface area contributed by atoms with Gasteiger partial charge in [0.15, 0.2) is 5.82 Å². The summed E-state index contributed by atoms with van der Waals surface area (Å²) >= 11 is 0. The van der Waals surface area contributed by atoms with Crippen LogP contribution in [0.3, 0.4) is 0 Å². The van der Waals surface area contributed by atoms with Crippen LogP contribution in [0.15, 0.2) is 4.52 Å². The number of amides is 1. The van der Waals surface area contributed by atoms with Crippen LogP contribution in [0.2, 0.25) is 0 Å². The highest BCUT2D eigenvalue weighted by atomic mass is 16.6. The van der Waals surface area contributed by atoms with Crippen molar-refractivity contribution >= 4 is 6.09 Å². The fraction of sp³-hybridized carbons (Fsp3) is 0.786. The standard InChI is InChI=1S/C14H22N4O4/c1-17-9-14(21-13(17)19)5-3-6-18(10-14)8-12-15-11(16-22-12)4-7-20-2/h3-10H2,1-2H3/t14-/m0/s1. The van der Waals surface area contributed by atoms with Gasteiger partial charge < -0.3 is 18.9 Å². The maximum Gasteiger partial charge on any atom is 0.410 e. The molecule has 122 valence electrons. The Kier molecular flexibility index (Phi) is 4.30. The van der Waals surface area contributed by atoms with Crippen LogP contribution in [0.4, 0.5) is 4.79 Å². The third-order valence-electron chi connectivity index (χ3n) is 4.16. The molecule has 0 bridgehead atoms. The van der Waals surface area contributed by atoms with E-state index in [4.69, 9.17) is 14.0 Å². The van der Waals surface area contributed by atoms with E-state index in [1.54, 1.807) is 19.1 Å². The zero-order valence-corrected chi connectivity index (χ0v) is 13.1. The number of hydrogen-bond donors (Lipinski definition) is 0. The van der Waals surface area contributed by atoms with Crippen molar-refractivity contribution in [2.45, 2.75) is 31.4 Å². The maximum absolute atomic E-state index is 11.6. The summed E-state index contributed by atoms with van der Waals surface area (Å²) in [5.41, 5.74) is -0.386. The molecule has 2 aliphatic heterocycles. The van der Waals surface area contributed by atoms with Crippen molar-refractivity contribution in [3.63, 3.8) is 0 Å².